The Bertz CT molecular complexity index is 1340. The van der Waals surface area contributed by atoms with Crippen molar-refractivity contribution < 1.29 is 19.1 Å². The maximum Gasteiger partial charge on any atom is 0.335 e. The molecule has 0 saturated carbocycles. The van der Waals surface area contributed by atoms with Gasteiger partial charge in [-0.05, 0) is 76.8 Å². The summed E-state index contributed by atoms with van der Waals surface area (Å²) in [6, 6.07) is 17.7. The fourth-order valence-corrected chi connectivity index (χ4v) is 4.85. The number of benzene rings is 3. The number of halogens is 2. The normalized spacial score (nSPS) is 15.0. The minimum atomic E-state index is -0.786. The van der Waals surface area contributed by atoms with Crippen molar-refractivity contribution in [2.45, 2.75) is 20.5 Å². The second-order valence-electron chi connectivity index (χ2n) is 7.81. The minimum Gasteiger partial charge on any atom is -0.487 e. The Labute approximate surface area is 213 Å². The van der Waals surface area contributed by atoms with Crippen LogP contribution in [0.2, 0.25) is 0 Å². The number of rotatable bonds is 5. The average Bonchev–Trinajstić information content (AvgIpc) is 2.79. The number of anilines is 1. The first kappa shape index (κ1) is 23.9. The number of hydrogen-bond acceptors (Lipinski definition) is 4. The van der Waals surface area contributed by atoms with Gasteiger partial charge in [0.2, 0.25) is 0 Å². The average molecular weight is 584 g/mol. The molecular formula is C26H20Br2N2O4. The molecule has 0 unspecified atom stereocenters. The molecule has 0 atom stereocenters. The third kappa shape index (κ3) is 4.98. The van der Waals surface area contributed by atoms with Crippen molar-refractivity contribution in [1.29, 1.82) is 0 Å². The molecule has 3 aromatic carbocycles. The summed E-state index contributed by atoms with van der Waals surface area (Å²) in [6.45, 7) is 4.13. The first-order valence-corrected chi connectivity index (χ1v) is 12.0. The van der Waals surface area contributed by atoms with E-state index in [9.17, 15) is 14.4 Å². The zero-order valence-corrected chi connectivity index (χ0v) is 21.6. The van der Waals surface area contributed by atoms with Crippen LogP contribution in [0.5, 0.6) is 5.75 Å². The van der Waals surface area contributed by atoms with Crippen LogP contribution in [-0.2, 0) is 16.2 Å². The van der Waals surface area contributed by atoms with Crippen LogP contribution in [0.1, 0.15) is 22.3 Å². The molecule has 6 nitrogen and oxygen atoms in total. The molecule has 0 bridgehead atoms. The molecule has 1 aliphatic rings. The third-order valence-electron chi connectivity index (χ3n) is 5.41. The number of urea groups is 1. The van der Waals surface area contributed by atoms with Crippen molar-refractivity contribution >= 4 is 61.5 Å². The number of hydrogen-bond donors (Lipinski definition) is 1. The molecule has 8 heteroatoms. The highest BCUT2D eigenvalue weighted by Crippen LogP contribution is 2.35. The Hall–Kier alpha value is -3.23. The monoisotopic (exact) mass is 582 g/mol. The highest BCUT2D eigenvalue weighted by atomic mass is 79.9. The van der Waals surface area contributed by atoms with Crippen LogP contribution in [0.4, 0.5) is 10.5 Å². The number of aryl methyl sites for hydroxylation is 2. The van der Waals surface area contributed by atoms with Gasteiger partial charge in [0.15, 0.2) is 0 Å². The molecule has 1 saturated heterocycles. The van der Waals surface area contributed by atoms with Gasteiger partial charge < -0.3 is 4.74 Å². The van der Waals surface area contributed by atoms with E-state index in [4.69, 9.17) is 4.74 Å². The lowest BCUT2D eigenvalue weighted by Crippen LogP contribution is -2.54. The first-order chi connectivity index (χ1) is 16.2. The number of nitrogens with one attached hydrogen (secondary N) is 1. The Kier molecular flexibility index (Phi) is 7.00. The summed E-state index contributed by atoms with van der Waals surface area (Å²) < 4.78 is 7.42. The van der Waals surface area contributed by atoms with Gasteiger partial charge in [0.1, 0.15) is 17.9 Å². The Morgan fingerprint density at radius 1 is 0.941 bits per heavy atom. The van der Waals surface area contributed by atoms with Crippen LogP contribution in [0.15, 0.2) is 75.2 Å². The standard InChI is InChI=1S/C26H20Br2N2O4/c1-15-8-9-20(10-16(15)2)30-25(32)21(24(31)29-26(30)33)12-18-11-19(27)13-22(28)23(18)34-14-17-6-4-3-5-7-17/h3-13H,14H2,1-2H3,(H,29,31,33)/b21-12+. The largest absolute Gasteiger partial charge is 0.487 e. The van der Waals surface area contributed by atoms with Crippen LogP contribution in [0.3, 0.4) is 0 Å². The van der Waals surface area contributed by atoms with E-state index in [1.807, 2.05) is 56.3 Å². The molecule has 0 radical (unpaired) electrons. The van der Waals surface area contributed by atoms with E-state index < -0.39 is 17.8 Å². The van der Waals surface area contributed by atoms with Gasteiger partial charge in [-0.3, -0.25) is 14.9 Å². The summed E-state index contributed by atoms with van der Waals surface area (Å²) >= 11 is 6.95. The SMILES string of the molecule is Cc1ccc(N2C(=O)NC(=O)/C(=C\c3cc(Br)cc(Br)c3OCc3ccccc3)C2=O)cc1C. The third-order valence-corrected chi connectivity index (χ3v) is 6.46. The highest BCUT2D eigenvalue weighted by molar-refractivity contribution is 9.11. The van der Waals surface area contributed by atoms with Gasteiger partial charge in [-0.15, -0.1) is 0 Å². The molecular weight excluding hydrogens is 564 g/mol. The number of carbonyl (C=O) groups is 3. The quantitative estimate of drug-likeness (QED) is 0.292. The predicted molar refractivity (Wildman–Crippen MR) is 138 cm³/mol. The van der Waals surface area contributed by atoms with Crippen LogP contribution in [0, 0.1) is 13.8 Å². The molecule has 1 N–H and O–H groups in total. The topological polar surface area (TPSA) is 75.7 Å². The van der Waals surface area contributed by atoms with E-state index in [0.717, 1.165) is 26.1 Å². The molecule has 4 rings (SSSR count). The number of nitrogens with zero attached hydrogens (tertiary/aromatic N) is 1. The van der Waals surface area contributed by atoms with Gasteiger partial charge in [0, 0.05) is 10.0 Å². The summed E-state index contributed by atoms with van der Waals surface area (Å²) in [5, 5.41) is 2.26. The lowest BCUT2D eigenvalue weighted by molar-refractivity contribution is -0.122. The minimum absolute atomic E-state index is 0.174. The summed E-state index contributed by atoms with van der Waals surface area (Å²) in [7, 11) is 0. The summed E-state index contributed by atoms with van der Waals surface area (Å²) in [4.78, 5) is 39.5. The van der Waals surface area contributed by atoms with Gasteiger partial charge in [0.25, 0.3) is 11.8 Å². The second-order valence-corrected chi connectivity index (χ2v) is 9.58. The molecule has 4 amide bonds. The number of amides is 4. The van der Waals surface area contributed by atoms with Gasteiger partial charge in [0.05, 0.1) is 10.2 Å². The number of carbonyl (C=O) groups excluding carboxylic acids is 3. The Morgan fingerprint density at radius 3 is 2.38 bits per heavy atom. The van der Waals surface area contributed by atoms with Crippen LogP contribution < -0.4 is 15.0 Å². The Morgan fingerprint density at radius 2 is 1.68 bits per heavy atom. The fraction of sp³-hybridized carbons (Fsp3) is 0.115. The molecule has 1 heterocycles. The second kappa shape index (κ2) is 9.95. The maximum atomic E-state index is 13.3. The van der Waals surface area contributed by atoms with Crippen molar-refractivity contribution in [2.24, 2.45) is 0 Å². The van der Waals surface area contributed by atoms with E-state index in [0.29, 0.717) is 28.1 Å². The van der Waals surface area contributed by atoms with E-state index in [1.54, 1.807) is 18.2 Å². The predicted octanol–water partition coefficient (Wildman–Crippen LogP) is 6.07. The first-order valence-electron chi connectivity index (χ1n) is 10.4. The fourth-order valence-electron chi connectivity index (χ4n) is 3.48. The van der Waals surface area contributed by atoms with E-state index in [-0.39, 0.29) is 5.57 Å². The molecule has 3 aromatic rings. The van der Waals surface area contributed by atoms with E-state index in [1.165, 1.54) is 6.08 Å². The summed E-state index contributed by atoms with van der Waals surface area (Å²) in [5.74, 6) is -1.00. The van der Waals surface area contributed by atoms with Crippen molar-refractivity contribution in [3.05, 3.63) is 97.4 Å². The van der Waals surface area contributed by atoms with Crippen molar-refractivity contribution in [3.8, 4) is 5.75 Å². The summed E-state index contributed by atoms with van der Waals surface area (Å²) in [5.41, 5.74) is 3.64. The molecule has 172 valence electrons. The zero-order chi connectivity index (χ0) is 24.4. The lowest BCUT2D eigenvalue weighted by Gasteiger charge is -2.27. The summed E-state index contributed by atoms with van der Waals surface area (Å²) in [6.07, 6.45) is 1.44. The van der Waals surface area contributed by atoms with Gasteiger partial charge in [-0.2, -0.15) is 0 Å². The molecule has 1 aliphatic heterocycles. The molecule has 0 aromatic heterocycles. The van der Waals surface area contributed by atoms with Crippen LogP contribution >= 0.6 is 31.9 Å². The molecule has 0 spiro atoms. The number of barbiturate groups is 1. The van der Waals surface area contributed by atoms with Gasteiger partial charge >= 0.3 is 6.03 Å². The van der Waals surface area contributed by atoms with Gasteiger partial charge in [-0.1, -0.05) is 52.3 Å². The zero-order valence-electron chi connectivity index (χ0n) is 18.4. The number of ether oxygens (including phenoxy) is 1. The lowest BCUT2D eigenvalue weighted by atomic mass is 10.0. The maximum absolute atomic E-state index is 13.3. The van der Waals surface area contributed by atoms with Crippen molar-refractivity contribution in [1.82, 2.24) is 5.32 Å². The van der Waals surface area contributed by atoms with Crippen molar-refractivity contribution in [3.63, 3.8) is 0 Å². The van der Waals surface area contributed by atoms with Crippen LogP contribution in [-0.4, -0.2) is 17.8 Å². The molecule has 1 fully saturated rings. The van der Waals surface area contributed by atoms with E-state index >= 15 is 0 Å². The molecule has 0 aliphatic carbocycles. The molecule has 34 heavy (non-hydrogen) atoms. The van der Waals surface area contributed by atoms with Gasteiger partial charge in [-0.25, -0.2) is 9.69 Å². The van der Waals surface area contributed by atoms with Crippen molar-refractivity contribution in [2.75, 3.05) is 4.90 Å². The van der Waals surface area contributed by atoms with Crippen LogP contribution in [0.25, 0.3) is 6.08 Å². The highest BCUT2D eigenvalue weighted by Gasteiger charge is 2.37. The van der Waals surface area contributed by atoms with E-state index in [2.05, 4.69) is 37.2 Å². The smallest absolute Gasteiger partial charge is 0.335 e. The number of imide groups is 2. The Balaban J connectivity index is 1.73.